The fourth-order valence-corrected chi connectivity index (χ4v) is 4.59. The SMILES string of the molecule is CN1CCCC2CN(CC(=O)c3ccc(Cl)s3)CCC21. The number of ketones is 1. The lowest BCUT2D eigenvalue weighted by Gasteiger charge is -2.45. The molecule has 1 aromatic rings. The van der Waals surface area contributed by atoms with Gasteiger partial charge in [-0.15, -0.1) is 11.3 Å². The van der Waals surface area contributed by atoms with E-state index in [0.29, 0.717) is 10.9 Å². The van der Waals surface area contributed by atoms with E-state index in [9.17, 15) is 4.79 Å². The lowest BCUT2D eigenvalue weighted by atomic mass is 9.84. The molecule has 110 valence electrons. The third kappa shape index (κ3) is 3.08. The zero-order valence-corrected chi connectivity index (χ0v) is 13.4. The van der Waals surface area contributed by atoms with Crippen LogP contribution in [0.2, 0.25) is 4.34 Å². The van der Waals surface area contributed by atoms with Crippen LogP contribution >= 0.6 is 22.9 Å². The Balaban J connectivity index is 1.58. The number of piperidine rings is 2. The van der Waals surface area contributed by atoms with Crippen LogP contribution in [-0.4, -0.2) is 54.9 Å². The van der Waals surface area contributed by atoms with Gasteiger partial charge >= 0.3 is 0 Å². The molecule has 2 unspecified atom stereocenters. The van der Waals surface area contributed by atoms with Crippen LogP contribution in [0.4, 0.5) is 0 Å². The summed E-state index contributed by atoms with van der Waals surface area (Å²) in [6, 6.07) is 4.38. The van der Waals surface area contributed by atoms with E-state index in [-0.39, 0.29) is 5.78 Å². The van der Waals surface area contributed by atoms with E-state index in [1.54, 1.807) is 0 Å². The van der Waals surface area contributed by atoms with Crippen LogP contribution in [0, 0.1) is 5.92 Å². The quantitative estimate of drug-likeness (QED) is 0.802. The summed E-state index contributed by atoms with van der Waals surface area (Å²) in [7, 11) is 2.24. The first-order valence-corrected chi connectivity index (χ1v) is 8.54. The van der Waals surface area contributed by atoms with E-state index in [1.807, 2.05) is 12.1 Å². The van der Waals surface area contributed by atoms with Gasteiger partial charge in [-0.05, 0) is 50.9 Å². The van der Waals surface area contributed by atoms with Crippen molar-refractivity contribution in [2.75, 3.05) is 33.2 Å². The topological polar surface area (TPSA) is 23.6 Å². The first-order valence-electron chi connectivity index (χ1n) is 7.34. The summed E-state index contributed by atoms with van der Waals surface area (Å²) in [5.74, 6) is 0.951. The van der Waals surface area contributed by atoms with Gasteiger partial charge in [-0.3, -0.25) is 9.69 Å². The molecule has 2 aliphatic rings. The molecule has 3 rings (SSSR count). The number of hydrogen-bond acceptors (Lipinski definition) is 4. The van der Waals surface area contributed by atoms with Gasteiger partial charge in [0.2, 0.25) is 0 Å². The predicted octanol–water partition coefficient (Wildman–Crippen LogP) is 3.00. The summed E-state index contributed by atoms with van der Waals surface area (Å²) in [5, 5.41) is 0. The molecule has 5 heteroatoms. The van der Waals surface area contributed by atoms with Gasteiger partial charge in [0.05, 0.1) is 15.8 Å². The van der Waals surface area contributed by atoms with Crippen molar-refractivity contribution in [2.45, 2.75) is 25.3 Å². The molecule has 3 heterocycles. The Kier molecular flexibility index (Phi) is 4.46. The van der Waals surface area contributed by atoms with Gasteiger partial charge < -0.3 is 4.90 Å². The number of thiophene rings is 1. The fraction of sp³-hybridized carbons (Fsp3) is 0.667. The lowest BCUT2D eigenvalue weighted by Crippen LogP contribution is -2.53. The van der Waals surface area contributed by atoms with E-state index in [2.05, 4.69) is 16.8 Å². The molecular formula is C15H21ClN2OS. The number of hydrogen-bond donors (Lipinski definition) is 0. The highest BCUT2D eigenvalue weighted by Gasteiger charge is 2.34. The Morgan fingerprint density at radius 2 is 2.25 bits per heavy atom. The van der Waals surface area contributed by atoms with E-state index < -0.39 is 0 Å². The predicted molar refractivity (Wildman–Crippen MR) is 83.9 cm³/mol. The van der Waals surface area contributed by atoms with Crippen molar-refractivity contribution >= 4 is 28.7 Å². The Morgan fingerprint density at radius 1 is 1.40 bits per heavy atom. The largest absolute Gasteiger partial charge is 0.303 e. The van der Waals surface area contributed by atoms with Gasteiger partial charge in [0, 0.05) is 19.1 Å². The van der Waals surface area contributed by atoms with Gasteiger partial charge in [-0.25, -0.2) is 0 Å². The van der Waals surface area contributed by atoms with Crippen molar-refractivity contribution in [3.8, 4) is 0 Å². The molecule has 0 aromatic carbocycles. The molecule has 1 aromatic heterocycles. The van der Waals surface area contributed by atoms with E-state index in [0.717, 1.165) is 29.9 Å². The van der Waals surface area contributed by atoms with Crippen LogP contribution in [0.15, 0.2) is 12.1 Å². The molecule has 20 heavy (non-hydrogen) atoms. The summed E-state index contributed by atoms with van der Waals surface area (Å²) in [6.45, 7) is 3.88. The molecule has 0 amide bonds. The number of fused-ring (bicyclic) bond motifs is 1. The van der Waals surface area contributed by atoms with Crippen molar-refractivity contribution in [1.82, 2.24) is 9.80 Å². The van der Waals surface area contributed by atoms with Gasteiger partial charge in [-0.1, -0.05) is 11.6 Å². The molecule has 2 atom stereocenters. The average molecular weight is 313 g/mol. The maximum atomic E-state index is 12.3. The second-order valence-electron chi connectivity index (χ2n) is 6.00. The molecule has 0 aliphatic carbocycles. The molecule has 2 aliphatic heterocycles. The van der Waals surface area contributed by atoms with Gasteiger partial charge in [-0.2, -0.15) is 0 Å². The maximum absolute atomic E-state index is 12.3. The van der Waals surface area contributed by atoms with Crippen molar-refractivity contribution in [2.24, 2.45) is 5.92 Å². The molecule has 0 N–H and O–H groups in total. The number of rotatable bonds is 3. The number of likely N-dealkylation sites (tertiary alicyclic amines) is 2. The smallest absolute Gasteiger partial charge is 0.186 e. The van der Waals surface area contributed by atoms with Crippen molar-refractivity contribution < 1.29 is 4.79 Å². The first kappa shape index (κ1) is 14.5. The summed E-state index contributed by atoms with van der Waals surface area (Å²) in [6.07, 6.45) is 3.80. The molecule has 2 fully saturated rings. The third-order valence-corrected chi connectivity index (χ3v) is 5.92. The van der Waals surface area contributed by atoms with Crippen molar-refractivity contribution in [3.05, 3.63) is 21.3 Å². The summed E-state index contributed by atoms with van der Waals surface area (Å²) in [5.41, 5.74) is 0. The van der Waals surface area contributed by atoms with Crippen LogP contribution in [0.5, 0.6) is 0 Å². The summed E-state index contributed by atoms with van der Waals surface area (Å²) in [4.78, 5) is 17.9. The highest BCUT2D eigenvalue weighted by atomic mass is 35.5. The van der Waals surface area contributed by atoms with Crippen LogP contribution in [0.25, 0.3) is 0 Å². The zero-order valence-electron chi connectivity index (χ0n) is 11.8. The number of Topliss-reactive ketones (excluding diaryl/α,β-unsaturated/α-hetero) is 1. The third-order valence-electron chi connectivity index (χ3n) is 4.65. The molecule has 2 saturated heterocycles. The van der Waals surface area contributed by atoms with Crippen LogP contribution in [0.3, 0.4) is 0 Å². The van der Waals surface area contributed by atoms with Crippen molar-refractivity contribution in [1.29, 1.82) is 0 Å². The Bertz CT molecular complexity index is 490. The number of halogens is 1. The fourth-order valence-electron chi connectivity index (χ4n) is 3.62. The van der Waals surface area contributed by atoms with E-state index >= 15 is 0 Å². The second-order valence-corrected chi connectivity index (χ2v) is 7.72. The highest BCUT2D eigenvalue weighted by Crippen LogP contribution is 2.30. The molecule has 0 saturated carbocycles. The zero-order chi connectivity index (χ0) is 14.1. The minimum atomic E-state index is 0.213. The van der Waals surface area contributed by atoms with Crippen LogP contribution < -0.4 is 0 Å². The molecular weight excluding hydrogens is 292 g/mol. The normalized spacial score (nSPS) is 28.3. The monoisotopic (exact) mass is 312 g/mol. The highest BCUT2D eigenvalue weighted by molar-refractivity contribution is 7.18. The first-order chi connectivity index (χ1) is 9.63. The number of carbonyl (C=O) groups is 1. The molecule has 0 bridgehead atoms. The van der Waals surface area contributed by atoms with Gasteiger partial charge in [0.15, 0.2) is 5.78 Å². The van der Waals surface area contributed by atoms with E-state index in [1.165, 1.54) is 37.1 Å². The molecule has 3 nitrogen and oxygen atoms in total. The lowest BCUT2D eigenvalue weighted by molar-refractivity contribution is 0.0379. The minimum absolute atomic E-state index is 0.213. The summed E-state index contributed by atoms with van der Waals surface area (Å²) >= 11 is 7.29. The minimum Gasteiger partial charge on any atom is -0.303 e. The van der Waals surface area contributed by atoms with Gasteiger partial charge in [0.1, 0.15) is 0 Å². The Labute approximate surface area is 129 Å². The molecule has 0 spiro atoms. The van der Waals surface area contributed by atoms with Crippen LogP contribution in [-0.2, 0) is 0 Å². The Morgan fingerprint density at radius 3 is 3.00 bits per heavy atom. The number of carbonyl (C=O) groups excluding carboxylic acids is 1. The maximum Gasteiger partial charge on any atom is 0.186 e. The van der Waals surface area contributed by atoms with Gasteiger partial charge in [0.25, 0.3) is 0 Å². The Hall–Kier alpha value is -0.420. The number of nitrogens with zero attached hydrogens (tertiary/aromatic N) is 2. The standard InChI is InChI=1S/C15H21ClN2OS/c1-17-7-2-3-11-9-18(8-6-12(11)17)10-13(19)14-4-5-15(16)20-14/h4-5,11-12H,2-3,6-10H2,1H3. The summed E-state index contributed by atoms with van der Waals surface area (Å²) < 4.78 is 0.695. The second kappa shape index (κ2) is 6.14. The molecule has 0 radical (unpaired) electrons. The van der Waals surface area contributed by atoms with Crippen molar-refractivity contribution in [3.63, 3.8) is 0 Å². The average Bonchev–Trinajstić information content (AvgIpc) is 2.86. The van der Waals surface area contributed by atoms with Crippen LogP contribution in [0.1, 0.15) is 28.9 Å². The van der Waals surface area contributed by atoms with E-state index in [4.69, 9.17) is 11.6 Å².